The Morgan fingerprint density at radius 3 is 2.38 bits per heavy atom. The largest absolute Gasteiger partial charge is 0.493 e. The van der Waals surface area contributed by atoms with E-state index >= 15 is 0 Å². The van der Waals surface area contributed by atoms with Crippen molar-refractivity contribution < 1.29 is 9.53 Å². The van der Waals surface area contributed by atoms with Crippen LogP contribution in [0.15, 0.2) is 54.6 Å². The molecule has 138 valence electrons. The molecule has 26 heavy (non-hydrogen) atoms. The number of hydrogen-bond donors (Lipinski definition) is 2. The van der Waals surface area contributed by atoms with Gasteiger partial charge in [0, 0.05) is 0 Å². The summed E-state index contributed by atoms with van der Waals surface area (Å²) in [6.07, 6.45) is 0.935. The van der Waals surface area contributed by atoms with Gasteiger partial charge in [-0.05, 0) is 49.2 Å². The van der Waals surface area contributed by atoms with E-state index in [1.807, 2.05) is 49.4 Å². The molecule has 4 nitrogen and oxygen atoms in total. The van der Waals surface area contributed by atoms with E-state index in [-0.39, 0.29) is 11.9 Å². The quantitative estimate of drug-likeness (QED) is 0.706. The summed E-state index contributed by atoms with van der Waals surface area (Å²) in [7, 11) is 0. The molecule has 0 fully saturated rings. The summed E-state index contributed by atoms with van der Waals surface area (Å²) in [5, 5.41) is 6.17. The molecule has 0 aliphatic rings. The second-order valence-corrected chi connectivity index (χ2v) is 7.00. The number of hydrogen-bond acceptors (Lipinski definition) is 3. The molecule has 0 aliphatic heterocycles. The van der Waals surface area contributed by atoms with Crippen LogP contribution < -0.4 is 15.4 Å². The van der Waals surface area contributed by atoms with E-state index in [0.29, 0.717) is 29.0 Å². The van der Waals surface area contributed by atoms with E-state index in [4.69, 9.17) is 17.0 Å². The lowest BCUT2D eigenvalue weighted by Crippen LogP contribution is -2.40. The molecule has 0 heterocycles. The maximum absolute atomic E-state index is 12.6. The van der Waals surface area contributed by atoms with Gasteiger partial charge in [-0.3, -0.25) is 10.1 Å². The lowest BCUT2D eigenvalue weighted by molar-refractivity contribution is 0.0972. The van der Waals surface area contributed by atoms with E-state index in [1.165, 1.54) is 0 Å². The molecule has 0 bridgehead atoms. The zero-order valence-electron chi connectivity index (χ0n) is 15.5. The van der Waals surface area contributed by atoms with Gasteiger partial charge in [0.1, 0.15) is 5.75 Å². The molecule has 1 amide bonds. The van der Waals surface area contributed by atoms with Crippen LogP contribution in [0.1, 0.15) is 49.2 Å². The number of benzene rings is 2. The third kappa shape index (κ3) is 6.15. The Morgan fingerprint density at radius 2 is 1.69 bits per heavy atom. The van der Waals surface area contributed by atoms with Crippen molar-refractivity contribution >= 4 is 23.2 Å². The Morgan fingerprint density at radius 1 is 1.04 bits per heavy atom. The van der Waals surface area contributed by atoms with Gasteiger partial charge in [-0.2, -0.15) is 0 Å². The molecule has 0 radical (unpaired) electrons. The molecule has 0 saturated carbocycles. The zero-order chi connectivity index (χ0) is 18.9. The van der Waals surface area contributed by atoms with Crippen LogP contribution in [-0.4, -0.2) is 17.6 Å². The van der Waals surface area contributed by atoms with Crippen LogP contribution in [-0.2, 0) is 0 Å². The SMILES string of the molecule is CC(C)CCOc1ccccc1C(=O)NC(=S)NC(C)c1ccccc1. The minimum absolute atomic E-state index is 0.00142. The fourth-order valence-corrected chi connectivity index (χ4v) is 2.68. The van der Waals surface area contributed by atoms with Gasteiger partial charge in [0.15, 0.2) is 5.11 Å². The van der Waals surface area contributed by atoms with Gasteiger partial charge in [-0.1, -0.05) is 56.3 Å². The highest BCUT2D eigenvalue weighted by Gasteiger charge is 2.15. The number of thiocarbonyl (C=S) groups is 1. The standard InChI is InChI=1S/C21H26N2O2S/c1-15(2)13-14-25-19-12-8-7-11-18(19)20(24)23-21(26)22-16(3)17-9-5-4-6-10-17/h4-12,15-16H,13-14H2,1-3H3,(H2,22,23,24,26). The highest BCUT2D eigenvalue weighted by atomic mass is 32.1. The number of carbonyl (C=O) groups excluding carboxylic acids is 1. The summed E-state index contributed by atoms with van der Waals surface area (Å²) in [6, 6.07) is 17.2. The van der Waals surface area contributed by atoms with Crippen LogP contribution in [0, 0.1) is 5.92 Å². The molecule has 5 heteroatoms. The highest BCUT2D eigenvalue weighted by molar-refractivity contribution is 7.80. The average molecular weight is 371 g/mol. The van der Waals surface area contributed by atoms with Crippen LogP contribution in [0.25, 0.3) is 0 Å². The smallest absolute Gasteiger partial charge is 0.261 e. The molecular weight excluding hydrogens is 344 g/mol. The molecule has 0 spiro atoms. The first-order valence-corrected chi connectivity index (χ1v) is 9.26. The summed E-state index contributed by atoms with van der Waals surface area (Å²) in [5.74, 6) is 0.847. The lowest BCUT2D eigenvalue weighted by Gasteiger charge is -2.17. The van der Waals surface area contributed by atoms with Crippen LogP contribution in [0.4, 0.5) is 0 Å². The molecule has 2 N–H and O–H groups in total. The minimum atomic E-state index is -0.275. The molecular formula is C21H26N2O2S. The minimum Gasteiger partial charge on any atom is -0.493 e. The molecule has 2 rings (SSSR count). The molecule has 2 aromatic carbocycles. The van der Waals surface area contributed by atoms with Crippen LogP contribution in [0.3, 0.4) is 0 Å². The van der Waals surface area contributed by atoms with Crippen LogP contribution in [0.5, 0.6) is 5.75 Å². The zero-order valence-corrected chi connectivity index (χ0v) is 16.3. The van der Waals surface area contributed by atoms with Crippen molar-refractivity contribution in [2.45, 2.75) is 33.2 Å². The Bertz CT molecular complexity index is 732. The predicted octanol–water partition coefficient (Wildman–Crippen LogP) is 4.48. The van der Waals surface area contributed by atoms with Gasteiger partial charge in [-0.15, -0.1) is 0 Å². The van der Waals surface area contributed by atoms with E-state index in [1.54, 1.807) is 12.1 Å². The molecule has 1 unspecified atom stereocenters. The van der Waals surface area contributed by atoms with Crippen molar-refractivity contribution in [1.82, 2.24) is 10.6 Å². The molecule has 2 aromatic rings. The number of rotatable bonds is 7. The van der Waals surface area contributed by atoms with E-state index < -0.39 is 0 Å². The average Bonchev–Trinajstić information content (AvgIpc) is 2.62. The van der Waals surface area contributed by atoms with Gasteiger partial charge in [0.2, 0.25) is 0 Å². The number of carbonyl (C=O) groups is 1. The van der Waals surface area contributed by atoms with E-state index in [9.17, 15) is 4.79 Å². The van der Waals surface area contributed by atoms with Crippen molar-refractivity contribution in [3.8, 4) is 5.75 Å². The summed E-state index contributed by atoms with van der Waals surface area (Å²) in [6.45, 7) is 6.85. The fourth-order valence-electron chi connectivity index (χ4n) is 2.41. The third-order valence-electron chi connectivity index (χ3n) is 3.96. The Labute approximate surface area is 161 Å². The van der Waals surface area contributed by atoms with Crippen molar-refractivity contribution in [2.75, 3.05) is 6.61 Å². The maximum Gasteiger partial charge on any atom is 0.261 e. The van der Waals surface area contributed by atoms with Gasteiger partial charge in [0.25, 0.3) is 5.91 Å². The predicted molar refractivity (Wildman–Crippen MR) is 109 cm³/mol. The van der Waals surface area contributed by atoms with E-state index in [2.05, 4.69) is 24.5 Å². The molecule has 0 aromatic heterocycles. The summed E-state index contributed by atoms with van der Waals surface area (Å²) >= 11 is 5.29. The summed E-state index contributed by atoms with van der Waals surface area (Å²) in [5.41, 5.74) is 1.58. The van der Waals surface area contributed by atoms with Crippen molar-refractivity contribution in [3.63, 3.8) is 0 Å². The van der Waals surface area contributed by atoms with E-state index in [0.717, 1.165) is 12.0 Å². The van der Waals surface area contributed by atoms with Gasteiger partial charge in [-0.25, -0.2) is 0 Å². The maximum atomic E-state index is 12.6. The van der Waals surface area contributed by atoms with Crippen molar-refractivity contribution in [3.05, 3.63) is 65.7 Å². The van der Waals surface area contributed by atoms with Gasteiger partial charge in [0.05, 0.1) is 18.2 Å². The molecule has 0 saturated heterocycles. The fraction of sp³-hybridized carbons (Fsp3) is 0.333. The monoisotopic (exact) mass is 370 g/mol. The Hall–Kier alpha value is -2.40. The lowest BCUT2D eigenvalue weighted by atomic mass is 10.1. The van der Waals surface area contributed by atoms with Crippen LogP contribution >= 0.6 is 12.2 Å². The number of ether oxygens (including phenoxy) is 1. The summed E-state index contributed by atoms with van der Waals surface area (Å²) < 4.78 is 5.78. The van der Waals surface area contributed by atoms with Gasteiger partial charge < -0.3 is 10.1 Å². The van der Waals surface area contributed by atoms with Crippen LogP contribution in [0.2, 0.25) is 0 Å². The number of para-hydroxylation sites is 1. The normalized spacial score (nSPS) is 11.7. The topological polar surface area (TPSA) is 50.4 Å². The first-order valence-electron chi connectivity index (χ1n) is 8.86. The Balaban J connectivity index is 1.95. The van der Waals surface area contributed by atoms with Crippen molar-refractivity contribution in [2.24, 2.45) is 5.92 Å². The number of nitrogens with one attached hydrogen (secondary N) is 2. The first kappa shape index (κ1) is 19.9. The first-order chi connectivity index (χ1) is 12.5. The second kappa shape index (κ2) is 9.92. The third-order valence-corrected chi connectivity index (χ3v) is 4.18. The Kier molecular flexibility index (Phi) is 7.60. The second-order valence-electron chi connectivity index (χ2n) is 6.59. The number of amides is 1. The van der Waals surface area contributed by atoms with Crippen molar-refractivity contribution in [1.29, 1.82) is 0 Å². The summed E-state index contributed by atoms with van der Waals surface area (Å²) in [4.78, 5) is 12.6. The molecule has 1 atom stereocenters. The highest BCUT2D eigenvalue weighted by Crippen LogP contribution is 2.19. The molecule has 0 aliphatic carbocycles. The van der Waals surface area contributed by atoms with Gasteiger partial charge >= 0.3 is 0 Å².